The summed E-state index contributed by atoms with van der Waals surface area (Å²) in [4.78, 5) is 21.6. The van der Waals surface area contributed by atoms with Crippen molar-refractivity contribution in [1.29, 1.82) is 0 Å². The summed E-state index contributed by atoms with van der Waals surface area (Å²) in [6.45, 7) is 6.67. The van der Waals surface area contributed by atoms with Crippen LogP contribution in [0.15, 0.2) is 17.4 Å². The number of alkyl halides is 3. The standard InChI is InChI=1S/C21H29F3N10O/c1-20(2)11-33(4-3-28-20)19-29-14-16(32-5-7-35-8-6-32)30-15(13-9-26-18(25)27-10-13)31-17(14)34(19)12-21(22,23)24/h9-10,15,28,31H,3-8,11-12H2,1-2H3,(H2,25,26,27). The first-order chi connectivity index (χ1) is 16.6. The molecule has 2 saturated heterocycles. The van der Waals surface area contributed by atoms with Crippen LogP contribution >= 0.6 is 0 Å². The molecule has 35 heavy (non-hydrogen) atoms. The molecule has 1 unspecified atom stereocenters. The van der Waals surface area contributed by atoms with E-state index in [1.165, 1.54) is 17.0 Å². The van der Waals surface area contributed by atoms with Crippen molar-refractivity contribution in [3.8, 4) is 0 Å². The van der Waals surface area contributed by atoms with Crippen molar-refractivity contribution in [2.75, 3.05) is 61.9 Å². The van der Waals surface area contributed by atoms with Gasteiger partial charge in [-0.1, -0.05) is 0 Å². The smallest absolute Gasteiger partial charge is 0.378 e. The van der Waals surface area contributed by atoms with Crippen LogP contribution in [0.5, 0.6) is 0 Å². The van der Waals surface area contributed by atoms with Gasteiger partial charge in [0.15, 0.2) is 12.0 Å². The number of fused-ring (bicyclic) bond motifs is 1. The first-order valence-electron chi connectivity index (χ1n) is 11.5. The Kier molecular flexibility index (Phi) is 5.95. The molecule has 0 saturated carbocycles. The van der Waals surface area contributed by atoms with Gasteiger partial charge < -0.3 is 30.9 Å². The number of nitrogens with zero attached hydrogens (tertiary/aromatic N) is 7. The van der Waals surface area contributed by atoms with Crippen LogP contribution in [0.4, 0.5) is 30.9 Å². The van der Waals surface area contributed by atoms with Gasteiger partial charge >= 0.3 is 6.18 Å². The number of nitrogens with one attached hydrogen (secondary N) is 2. The summed E-state index contributed by atoms with van der Waals surface area (Å²) in [7, 11) is 0. The second kappa shape index (κ2) is 8.82. The fourth-order valence-corrected chi connectivity index (χ4v) is 4.62. The van der Waals surface area contributed by atoms with E-state index < -0.39 is 18.9 Å². The van der Waals surface area contributed by atoms with Crippen LogP contribution in [0.1, 0.15) is 31.3 Å². The van der Waals surface area contributed by atoms with Crippen molar-refractivity contribution in [1.82, 2.24) is 29.7 Å². The van der Waals surface area contributed by atoms with Crippen LogP contribution in [0.25, 0.3) is 0 Å². The first kappa shape index (κ1) is 23.6. The van der Waals surface area contributed by atoms with E-state index in [1.54, 1.807) is 0 Å². The van der Waals surface area contributed by atoms with Gasteiger partial charge in [0.1, 0.15) is 18.1 Å². The molecule has 0 aromatic carbocycles. The molecule has 0 bridgehead atoms. The molecule has 0 radical (unpaired) electrons. The maximum absolute atomic E-state index is 13.8. The number of hydrogen-bond acceptors (Lipinski definition) is 10. The van der Waals surface area contributed by atoms with E-state index in [1.807, 2.05) is 23.6 Å². The Balaban J connectivity index is 1.62. The summed E-state index contributed by atoms with van der Waals surface area (Å²) in [5.41, 5.74) is 6.34. The van der Waals surface area contributed by atoms with Gasteiger partial charge in [-0.3, -0.25) is 4.57 Å². The van der Waals surface area contributed by atoms with E-state index >= 15 is 0 Å². The fraction of sp³-hybridized carbons (Fsp3) is 0.619. The Labute approximate surface area is 200 Å². The topological polar surface area (TPSA) is 122 Å². The molecule has 3 aliphatic heterocycles. The highest BCUT2D eigenvalue weighted by Crippen LogP contribution is 2.37. The third-order valence-corrected chi connectivity index (χ3v) is 6.19. The molecule has 0 amide bonds. The normalized spacial score (nSPS) is 22.4. The number of halogens is 3. The molecule has 2 aromatic rings. The summed E-state index contributed by atoms with van der Waals surface area (Å²) in [5.74, 6) is 1.17. The third-order valence-electron chi connectivity index (χ3n) is 6.19. The predicted octanol–water partition coefficient (Wildman–Crippen LogP) is 1.21. The van der Waals surface area contributed by atoms with Gasteiger partial charge in [0.2, 0.25) is 11.9 Å². The van der Waals surface area contributed by atoms with Crippen LogP contribution in [-0.4, -0.2) is 87.9 Å². The van der Waals surface area contributed by atoms with Gasteiger partial charge in [0.25, 0.3) is 0 Å². The van der Waals surface area contributed by atoms with Gasteiger partial charge in [-0.25, -0.2) is 19.9 Å². The van der Waals surface area contributed by atoms with Crippen LogP contribution < -0.4 is 21.3 Å². The van der Waals surface area contributed by atoms with E-state index in [0.717, 1.165) is 0 Å². The molecular formula is C21H29F3N10O. The quantitative estimate of drug-likeness (QED) is 0.578. The monoisotopic (exact) mass is 494 g/mol. The van der Waals surface area contributed by atoms with E-state index in [0.29, 0.717) is 63.0 Å². The van der Waals surface area contributed by atoms with Crippen molar-refractivity contribution in [3.05, 3.63) is 23.7 Å². The number of amidine groups is 1. The zero-order valence-electron chi connectivity index (χ0n) is 19.6. The van der Waals surface area contributed by atoms with E-state index in [9.17, 15) is 13.2 Å². The molecule has 5 rings (SSSR count). The first-order valence-corrected chi connectivity index (χ1v) is 11.5. The zero-order valence-corrected chi connectivity index (χ0v) is 19.6. The second-order valence-electron chi connectivity index (χ2n) is 9.52. The van der Waals surface area contributed by atoms with Gasteiger partial charge in [0.05, 0.1) is 13.2 Å². The SMILES string of the molecule is CC1(C)CN(c2nc3c(n2CC(F)(F)F)NC(c2cnc(N)nc2)N=C3N2CCOCC2)CCN1. The molecule has 0 aliphatic carbocycles. The van der Waals surface area contributed by atoms with Crippen molar-refractivity contribution < 1.29 is 17.9 Å². The number of hydrogen-bond donors (Lipinski definition) is 3. The highest BCUT2D eigenvalue weighted by molar-refractivity contribution is 6.03. The van der Waals surface area contributed by atoms with Crippen molar-refractivity contribution in [2.24, 2.45) is 4.99 Å². The molecule has 14 heteroatoms. The molecule has 4 N–H and O–H groups in total. The van der Waals surface area contributed by atoms with Crippen LogP contribution in [-0.2, 0) is 11.3 Å². The lowest BCUT2D eigenvalue weighted by Crippen LogP contribution is -2.57. The average molecular weight is 495 g/mol. The predicted molar refractivity (Wildman–Crippen MR) is 124 cm³/mol. The largest absolute Gasteiger partial charge is 0.406 e. The van der Waals surface area contributed by atoms with Crippen LogP contribution in [0.3, 0.4) is 0 Å². The van der Waals surface area contributed by atoms with E-state index in [4.69, 9.17) is 20.4 Å². The summed E-state index contributed by atoms with van der Waals surface area (Å²) < 4.78 is 48.1. The summed E-state index contributed by atoms with van der Waals surface area (Å²) in [6.07, 6.45) is -2.09. The zero-order chi connectivity index (χ0) is 24.8. The molecule has 1 atom stereocenters. The van der Waals surface area contributed by atoms with Crippen LogP contribution in [0, 0.1) is 0 Å². The number of aliphatic imine (C=N–C) groups is 1. The van der Waals surface area contributed by atoms with Crippen molar-refractivity contribution in [2.45, 2.75) is 38.3 Å². The number of morpholine rings is 1. The Hall–Kier alpha value is -3.13. The van der Waals surface area contributed by atoms with Gasteiger partial charge in [0, 0.05) is 56.2 Å². The Morgan fingerprint density at radius 1 is 1.14 bits per heavy atom. The number of ether oxygens (including phenoxy) is 1. The molecule has 0 spiro atoms. The minimum absolute atomic E-state index is 0.105. The lowest BCUT2D eigenvalue weighted by molar-refractivity contribution is -0.140. The highest BCUT2D eigenvalue weighted by Gasteiger charge is 2.39. The number of nitrogen functional groups attached to an aromatic ring is 1. The minimum atomic E-state index is -4.44. The lowest BCUT2D eigenvalue weighted by atomic mass is 10.0. The summed E-state index contributed by atoms with van der Waals surface area (Å²) in [6, 6.07) is 0. The molecule has 5 heterocycles. The Morgan fingerprint density at radius 3 is 2.51 bits per heavy atom. The molecule has 2 fully saturated rings. The van der Waals surface area contributed by atoms with Crippen molar-refractivity contribution >= 4 is 23.6 Å². The minimum Gasteiger partial charge on any atom is -0.378 e. The summed E-state index contributed by atoms with van der Waals surface area (Å²) >= 11 is 0. The number of anilines is 3. The Morgan fingerprint density at radius 2 is 1.86 bits per heavy atom. The molecule has 11 nitrogen and oxygen atoms in total. The van der Waals surface area contributed by atoms with Crippen molar-refractivity contribution in [3.63, 3.8) is 0 Å². The third kappa shape index (κ3) is 4.98. The van der Waals surface area contributed by atoms with Gasteiger partial charge in [-0.05, 0) is 13.8 Å². The molecule has 190 valence electrons. The lowest BCUT2D eigenvalue weighted by Gasteiger charge is -2.39. The maximum Gasteiger partial charge on any atom is 0.406 e. The summed E-state index contributed by atoms with van der Waals surface area (Å²) in [5, 5.41) is 6.56. The maximum atomic E-state index is 13.8. The van der Waals surface area contributed by atoms with E-state index in [-0.39, 0.29) is 23.3 Å². The van der Waals surface area contributed by atoms with Gasteiger partial charge in [-0.2, -0.15) is 13.2 Å². The Bertz CT molecular complexity index is 1090. The average Bonchev–Trinajstić information content (AvgIpc) is 3.16. The number of nitrogens with two attached hydrogens (primary N) is 1. The second-order valence-corrected chi connectivity index (χ2v) is 9.52. The molecule has 3 aliphatic rings. The number of rotatable bonds is 3. The number of piperazine rings is 1. The highest BCUT2D eigenvalue weighted by atomic mass is 19.4. The number of aromatic nitrogens is 4. The molecular weight excluding hydrogens is 465 g/mol. The fourth-order valence-electron chi connectivity index (χ4n) is 4.62. The number of imidazole rings is 1. The van der Waals surface area contributed by atoms with Crippen LogP contribution in [0.2, 0.25) is 0 Å². The van der Waals surface area contributed by atoms with E-state index in [2.05, 4.69) is 20.6 Å². The molecule has 2 aromatic heterocycles. The van der Waals surface area contributed by atoms with Gasteiger partial charge in [-0.15, -0.1) is 0 Å².